The molecule has 0 unspecified atom stereocenters. The Morgan fingerprint density at radius 3 is 3.00 bits per heavy atom. The monoisotopic (exact) mass is 309 g/mol. The Kier molecular flexibility index (Phi) is 5.44. The number of nitrogens with one attached hydrogen (secondary N) is 1. The van der Waals surface area contributed by atoms with Crippen LogP contribution in [0.4, 0.5) is 0 Å². The molecule has 0 aromatic carbocycles. The lowest BCUT2D eigenvalue weighted by molar-refractivity contribution is -0.145. The van der Waals surface area contributed by atoms with Crippen molar-refractivity contribution in [2.24, 2.45) is 0 Å². The summed E-state index contributed by atoms with van der Waals surface area (Å²) in [6, 6.07) is 1.75. The van der Waals surface area contributed by atoms with E-state index in [1.807, 2.05) is 5.38 Å². The predicted octanol–water partition coefficient (Wildman–Crippen LogP) is 1.69. The average Bonchev–Trinajstić information content (AvgIpc) is 3.12. The second-order valence-corrected chi connectivity index (χ2v) is 5.04. The molecular weight excluding hydrogens is 294 g/mol. The molecule has 1 N–H and O–H groups in total. The van der Waals surface area contributed by atoms with Gasteiger partial charge in [-0.05, 0) is 17.9 Å². The molecular formula is C13H15N3O4S. The van der Waals surface area contributed by atoms with E-state index in [2.05, 4.69) is 15.5 Å². The number of carbonyl (C=O) groups is 2. The Hall–Kier alpha value is -2.22. The molecule has 2 rings (SSSR count). The summed E-state index contributed by atoms with van der Waals surface area (Å²) >= 11 is 1.46. The zero-order chi connectivity index (χ0) is 15.1. The van der Waals surface area contributed by atoms with Crippen LogP contribution in [0, 0.1) is 6.92 Å². The van der Waals surface area contributed by atoms with E-state index < -0.39 is 0 Å². The van der Waals surface area contributed by atoms with Gasteiger partial charge in [0.25, 0.3) is 5.91 Å². The highest BCUT2D eigenvalue weighted by atomic mass is 32.1. The van der Waals surface area contributed by atoms with Gasteiger partial charge in [-0.15, -0.1) is 0 Å². The molecule has 0 fully saturated rings. The largest absolute Gasteiger partial charge is 0.457 e. The van der Waals surface area contributed by atoms with Gasteiger partial charge in [-0.3, -0.25) is 9.59 Å². The van der Waals surface area contributed by atoms with Gasteiger partial charge in [0.1, 0.15) is 0 Å². The summed E-state index contributed by atoms with van der Waals surface area (Å²) in [5.74, 6) is 0.276. The maximum atomic E-state index is 11.6. The van der Waals surface area contributed by atoms with Crippen LogP contribution in [0.2, 0.25) is 0 Å². The van der Waals surface area contributed by atoms with Crippen molar-refractivity contribution in [2.75, 3.05) is 6.54 Å². The van der Waals surface area contributed by atoms with E-state index in [4.69, 9.17) is 9.26 Å². The van der Waals surface area contributed by atoms with Gasteiger partial charge in [0.05, 0.1) is 0 Å². The van der Waals surface area contributed by atoms with Crippen molar-refractivity contribution >= 4 is 23.2 Å². The zero-order valence-electron chi connectivity index (χ0n) is 11.5. The van der Waals surface area contributed by atoms with Crippen LogP contribution in [0.1, 0.15) is 34.9 Å². The SMILES string of the molecule is Cc1nc(COC(=O)CCCNC(=O)c2ccsc2)no1. The third-order valence-electron chi connectivity index (χ3n) is 2.56. The maximum absolute atomic E-state index is 11.6. The first kappa shape index (κ1) is 15.2. The average molecular weight is 309 g/mol. The highest BCUT2D eigenvalue weighted by molar-refractivity contribution is 7.08. The van der Waals surface area contributed by atoms with Crippen molar-refractivity contribution in [3.8, 4) is 0 Å². The van der Waals surface area contributed by atoms with E-state index in [1.54, 1.807) is 18.4 Å². The number of carbonyl (C=O) groups excluding carboxylic acids is 2. The fraction of sp³-hybridized carbons (Fsp3) is 0.385. The first-order chi connectivity index (χ1) is 10.1. The molecule has 0 saturated carbocycles. The fourth-order valence-electron chi connectivity index (χ4n) is 1.55. The molecule has 0 radical (unpaired) electrons. The summed E-state index contributed by atoms with van der Waals surface area (Å²) in [5.41, 5.74) is 0.634. The quantitative estimate of drug-likeness (QED) is 0.618. The van der Waals surface area contributed by atoms with Crippen LogP contribution in [0.3, 0.4) is 0 Å². The van der Waals surface area contributed by atoms with E-state index in [9.17, 15) is 9.59 Å². The van der Waals surface area contributed by atoms with E-state index in [0.29, 0.717) is 30.2 Å². The zero-order valence-corrected chi connectivity index (χ0v) is 12.3. The van der Waals surface area contributed by atoms with Crippen LogP contribution in [0.15, 0.2) is 21.3 Å². The van der Waals surface area contributed by atoms with E-state index in [1.165, 1.54) is 11.3 Å². The second-order valence-electron chi connectivity index (χ2n) is 4.26. The molecule has 2 heterocycles. The minimum absolute atomic E-state index is 0.00254. The number of ether oxygens (including phenoxy) is 1. The van der Waals surface area contributed by atoms with Gasteiger partial charge in [0.2, 0.25) is 11.7 Å². The summed E-state index contributed by atoms with van der Waals surface area (Å²) in [4.78, 5) is 27.0. The minimum atomic E-state index is -0.359. The van der Waals surface area contributed by atoms with Crippen LogP contribution < -0.4 is 5.32 Å². The first-order valence-electron chi connectivity index (χ1n) is 6.40. The number of thiophene rings is 1. The van der Waals surface area contributed by atoms with Gasteiger partial charge in [-0.1, -0.05) is 5.16 Å². The lowest BCUT2D eigenvalue weighted by Gasteiger charge is -2.04. The number of hydrogen-bond acceptors (Lipinski definition) is 7. The van der Waals surface area contributed by atoms with Gasteiger partial charge < -0.3 is 14.6 Å². The van der Waals surface area contributed by atoms with Gasteiger partial charge in [0, 0.05) is 30.8 Å². The number of aromatic nitrogens is 2. The van der Waals surface area contributed by atoms with Crippen LogP contribution in [0.25, 0.3) is 0 Å². The molecule has 0 aliphatic carbocycles. The molecule has 2 aromatic heterocycles. The summed E-state index contributed by atoms with van der Waals surface area (Å²) < 4.78 is 9.74. The van der Waals surface area contributed by atoms with Gasteiger partial charge in [-0.2, -0.15) is 16.3 Å². The van der Waals surface area contributed by atoms with Crippen molar-refractivity contribution < 1.29 is 18.8 Å². The number of aryl methyl sites for hydroxylation is 1. The lowest BCUT2D eigenvalue weighted by atomic mass is 10.3. The topological polar surface area (TPSA) is 94.3 Å². The van der Waals surface area contributed by atoms with Gasteiger partial charge in [-0.25, -0.2) is 0 Å². The molecule has 2 aromatic rings. The van der Waals surface area contributed by atoms with Crippen LogP contribution in [-0.2, 0) is 16.1 Å². The minimum Gasteiger partial charge on any atom is -0.457 e. The molecule has 7 nitrogen and oxygen atoms in total. The normalized spacial score (nSPS) is 10.3. The molecule has 0 saturated heterocycles. The number of nitrogens with zero attached hydrogens (tertiary/aromatic N) is 2. The molecule has 8 heteroatoms. The molecule has 0 spiro atoms. The Bertz CT molecular complexity index is 594. The predicted molar refractivity (Wildman–Crippen MR) is 74.7 cm³/mol. The van der Waals surface area contributed by atoms with Crippen molar-refractivity contribution in [3.05, 3.63) is 34.1 Å². The van der Waals surface area contributed by atoms with Gasteiger partial charge in [0.15, 0.2) is 6.61 Å². The van der Waals surface area contributed by atoms with Crippen molar-refractivity contribution in [1.29, 1.82) is 0 Å². The van der Waals surface area contributed by atoms with Gasteiger partial charge >= 0.3 is 5.97 Å². The van der Waals surface area contributed by atoms with E-state index in [0.717, 1.165) is 0 Å². The summed E-state index contributed by atoms with van der Waals surface area (Å²) in [5, 5.41) is 9.97. The lowest BCUT2D eigenvalue weighted by Crippen LogP contribution is -2.24. The fourth-order valence-corrected chi connectivity index (χ4v) is 2.18. The Morgan fingerprint density at radius 1 is 1.48 bits per heavy atom. The molecule has 1 amide bonds. The number of hydrogen-bond donors (Lipinski definition) is 1. The first-order valence-corrected chi connectivity index (χ1v) is 7.34. The number of amides is 1. The number of esters is 1. The molecule has 0 atom stereocenters. The van der Waals surface area contributed by atoms with Crippen LogP contribution in [0.5, 0.6) is 0 Å². The smallest absolute Gasteiger partial charge is 0.306 e. The summed E-state index contributed by atoms with van der Waals surface area (Å²) in [6.07, 6.45) is 0.737. The standard InChI is InChI=1S/C13H15N3O4S/c1-9-15-11(16-20-9)7-19-12(17)3-2-5-14-13(18)10-4-6-21-8-10/h4,6,8H,2-3,5,7H2,1H3,(H,14,18). The Balaban J connectivity index is 1.58. The highest BCUT2D eigenvalue weighted by Gasteiger charge is 2.08. The number of rotatable bonds is 7. The second kappa shape index (κ2) is 7.53. The molecule has 21 heavy (non-hydrogen) atoms. The third-order valence-corrected chi connectivity index (χ3v) is 3.24. The molecule has 0 aliphatic heterocycles. The Morgan fingerprint density at radius 2 is 2.33 bits per heavy atom. The Labute approximate surface area is 125 Å². The maximum Gasteiger partial charge on any atom is 0.306 e. The van der Waals surface area contributed by atoms with Crippen molar-refractivity contribution in [2.45, 2.75) is 26.4 Å². The van der Waals surface area contributed by atoms with Crippen molar-refractivity contribution in [1.82, 2.24) is 15.5 Å². The van der Waals surface area contributed by atoms with Crippen LogP contribution >= 0.6 is 11.3 Å². The molecule has 0 bridgehead atoms. The highest BCUT2D eigenvalue weighted by Crippen LogP contribution is 2.05. The van der Waals surface area contributed by atoms with E-state index >= 15 is 0 Å². The molecule has 0 aliphatic rings. The van der Waals surface area contributed by atoms with Crippen molar-refractivity contribution in [3.63, 3.8) is 0 Å². The van der Waals surface area contributed by atoms with Crippen LogP contribution in [-0.4, -0.2) is 28.6 Å². The summed E-state index contributed by atoms with van der Waals surface area (Å²) in [7, 11) is 0. The van der Waals surface area contributed by atoms with E-state index in [-0.39, 0.29) is 24.9 Å². The third kappa shape index (κ3) is 4.99. The summed E-state index contributed by atoms with van der Waals surface area (Å²) in [6.45, 7) is 2.08. The molecule has 112 valence electrons.